The molecule has 2 aromatic carbocycles. The molecule has 0 aliphatic heterocycles. The van der Waals surface area contributed by atoms with Gasteiger partial charge in [0, 0.05) is 47.7 Å². The van der Waals surface area contributed by atoms with Crippen molar-refractivity contribution in [1.29, 1.82) is 10.5 Å². The van der Waals surface area contributed by atoms with Crippen molar-refractivity contribution in [1.82, 2.24) is 24.9 Å². The second-order valence-corrected chi connectivity index (χ2v) is 14.9. The predicted molar refractivity (Wildman–Crippen MR) is 196 cm³/mol. The van der Waals surface area contributed by atoms with Gasteiger partial charge in [0.25, 0.3) is 0 Å². The first-order valence-electron chi connectivity index (χ1n) is 15.5. The van der Waals surface area contributed by atoms with Crippen molar-refractivity contribution in [3.63, 3.8) is 0 Å². The smallest absolute Gasteiger partial charge is 0.234 e. The molecule has 0 radical (unpaired) electrons. The number of hydrogen-bond acceptors (Lipinski definition) is 10. The fourth-order valence-corrected chi connectivity index (χ4v) is 5.25. The third-order valence-electron chi connectivity index (χ3n) is 6.75. The van der Waals surface area contributed by atoms with E-state index in [1.807, 2.05) is 36.4 Å². The van der Waals surface area contributed by atoms with Crippen LogP contribution in [0.2, 0.25) is 0 Å². The highest BCUT2D eigenvalue weighted by molar-refractivity contribution is 14.1. The normalized spacial score (nSPS) is 11.1. The van der Waals surface area contributed by atoms with Crippen molar-refractivity contribution in [3.05, 3.63) is 112 Å². The van der Waals surface area contributed by atoms with Crippen LogP contribution >= 0.6 is 22.6 Å². The van der Waals surface area contributed by atoms with Crippen LogP contribution in [0.4, 0.5) is 11.6 Å². The molecule has 0 aliphatic carbocycles. The highest BCUT2D eigenvalue weighted by Crippen LogP contribution is 2.25. The van der Waals surface area contributed by atoms with Gasteiger partial charge in [-0.05, 0) is 80.9 Å². The number of nitrogens with zero attached hydrogens (tertiary/aromatic N) is 9. The number of anilines is 2. The maximum atomic E-state index is 9.08. The van der Waals surface area contributed by atoms with E-state index in [2.05, 4.69) is 135 Å². The Morgan fingerprint density at radius 2 is 1.10 bits per heavy atom. The Labute approximate surface area is 296 Å². The van der Waals surface area contributed by atoms with Crippen LogP contribution in [0.3, 0.4) is 0 Å². The SMILES string of the molecule is CC(C)(C)CN(Cc1ccc(-c2ncco2)cc1)c1ccnc(C#N)n1.CC(C)(C)CN(Cc1ccc(I)cc1)c1ccnc(C#N)n1. The maximum absolute atomic E-state index is 9.08. The molecule has 0 N–H and O–H groups in total. The molecule has 0 saturated carbocycles. The van der Waals surface area contributed by atoms with Gasteiger partial charge >= 0.3 is 0 Å². The van der Waals surface area contributed by atoms with E-state index in [-0.39, 0.29) is 22.5 Å². The largest absolute Gasteiger partial charge is 0.445 e. The first-order chi connectivity index (χ1) is 22.8. The minimum atomic E-state index is 0.0792. The number of benzene rings is 2. The van der Waals surface area contributed by atoms with Gasteiger partial charge in [-0.1, -0.05) is 65.8 Å². The van der Waals surface area contributed by atoms with Crippen LogP contribution in [0.1, 0.15) is 64.3 Å². The molecule has 0 atom stereocenters. The number of aromatic nitrogens is 5. The Kier molecular flexibility index (Phi) is 12.2. The molecule has 11 heteroatoms. The lowest BCUT2D eigenvalue weighted by atomic mass is 9.95. The van der Waals surface area contributed by atoms with Gasteiger partial charge in [-0.3, -0.25) is 0 Å². The highest BCUT2D eigenvalue weighted by Gasteiger charge is 2.20. The minimum Gasteiger partial charge on any atom is -0.445 e. The van der Waals surface area contributed by atoms with E-state index in [9.17, 15) is 0 Å². The maximum Gasteiger partial charge on any atom is 0.234 e. The van der Waals surface area contributed by atoms with E-state index in [1.54, 1.807) is 24.9 Å². The molecule has 0 aliphatic rings. The summed E-state index contributed by atoms with van der Waals surface area (Å²) in [5.74, 6) is 2.54. The third kappa shape index (κ3) is 11.4. The van der Waals surface area contributed by atoms with Gasteiger partial charge in [0.2, 0.25) is 17.5 Å². The third-order valence-corrected chi connectivity index (χ3v) is 7.47. The fraction of sp³-hybridized carbons (Fsp3) is 0.324. The second kappa shape index (κ2) is 16.3. The molecule has 3 heterocycles. The van der Waals surface area contributed by atoms with Crippen LogP contribution in [-0.2, 0) is 13.1 Å². The summed E-state index contributed by atoms with van der Waals surface area (Å²) in [6.45, 7) is 16.2. The summed E-state index contributed by atoms with van der Waals surface area (Å²) in [5, 5.41) is 18.1. The Morgan fingerprint density at radius 3 is 1.50 bits per heavy atom. The average Bonchev–Trinajstić information content (AvgIpc) is 3.60. The molecule has 10 nitrogen and oxygen atoms in total. The van der Waals surface area contributed by atoms with Gasteiger partial charge in [-0.15, -0.1) is 0 Å². The van der Waals surface area contributed by atoms with Gasteiger partial charge in [0.05, 0.1) is 6.20 Å². The van der Waals surface area contributed by atoms with Crippen LogP contribution in [0.5, 0.6) is 0 Å². The van der Waals surface area contributed by atoms with Crippen molar-refractivity contribution < 1.29 is 4.42 Å². The fourth-order valence-electron chi connectivity index (χ4n) is 4.89. The molecule has 0 spiro atoms. The summed E-state index contributed by atoms with van der Waals surface area (Å²) in [5.41, 5.74) is 3.51. The standard InChI is InChI=1S/C20H21N5O.C17H19IN4/c1-20(2,3)14-25(18-8-9-22-17(12-21)24-18)13-15-4-6-16(7-5-15)19-23-10-11-26-19;1-17(2,3)12-22(11-13-4-6-14(18)7-5-13)16-8-9-20-15(10-19)21-16/h4-11H,13-14H2,1-3H3;4-9H,11-12H2,1-3H3. The van der Waals surface area contributed by atoms with Gasteiger partial charge < -0.3 is 14.2 Å². The molecule has 5 rings (SSSR count). The summed E-state index contributed by atoms with van der Waals surface area (Å²) < 4.78 is 6.55. The van der Waals surface area contributed by atoms with Crippen LogP contribution < -0.4 is 9.80 Å². The topological polar surface area (TPSA) is 132 Å². The minimum absolute atomic E-state index is 0.0792. The average molecular weight is 754 g/mol. The van der Waals surface area contributed by atoms with E-state index in [1.165, 1.54) is 9.13 Å². The molecule has 48 heavy (non-hydrogen) atoms. The monoisotopic (exact) mass is 753 g/mol. The summed E-state index contributed by atoms with van der Waals surface area (Å²) in [4.78, 5) is 25.2. The van der Waals surface area contributed by atoms with E-state index >= 15 is 0 Å². The quantitative estimate of drug-likeness (QED) is 0.136. The van der Waals surface area contributed by atoms with Gasteiger partial charge in [0.15, 0.2) is 0 Å². The zero-order valence-corrected chi connectivity index (χ0v) is 30.4. The van der Waals surface area contributed by atoms with Crippen molar-refractivity contribution in [2.75, 3.05) is 22.9 Å². The molecule has 0 saturated heterocycles. The number of rotatable bonds is 9. The van der Waals surface area contributed by atoms with E-state index < -0.39 is 0 Å². The Morgan fingerprint density at radius 1 is 0.646 bits per heavy atom. The van der Waals surface area contributed by atoms with Crippen LogP contribution in [0, 0.1) is 37.1 Å². The van der Waals surface area contributed by atoms with Gasteiger partial charge in [-0.2, -0.15) is 10.5 Å². The summed E-state index contributed by atoms with van der Waals surface area (Å²) in [6, 6.07) is 24.3. The number of hydrogen-bond donors (Lipinski definition) is 0. The Bertz CT molecular complexity index is 1830. The molecule has 0 fully saturated rings. The summed E-state index contributed by atoms with van der Waals surface area (Å²) >= 11 is 2.30. The first kappa shape index (κ1) is 36.0. The molecule has 0 bridgehead atoms. The van der Waals surface area contributed by atoms with Crippen molar-refractivity contribution in [2.24, 2.45) is 10.8 Å². The van der Waals surface area contributed by atoms with Crippen molar-refractivity contribution >= 4 is 34.2 Å². The number of oxazole rings is 1. The highest BCUT2D eigenvalue weighted by atomic mass is 127. The van der Waals surface area contributed by atoms with Crippen LogP contribution in [-0.4, -0.2) is 38.0 Å². The van der Waals surface area contributed by atoms with Crippen LogP contribution in [0.25, 0.3) is 11.5 Å². The summed E-state index contributed by atoms with van der Waals surface area (Å²) in [6.07, 6.45) is 6.47. The number of halogens is 1. The molecule has 0 amide bonds. The Hall–Kier alpha value is -4.88. The molecule has 0 unspecified atom stereocenters. The zero-order valence-electron chi connectivity index (χ0n) is 28.2. The molecule has 5 aromatic rings. The predicted octanol–water partition coefficient (Wildman–Crippen LogP) is 8.06. The first-order valence-corrected chi connectivity index (χ1v) is 16.6. The van der Waals surface area contributed by atoms with Gasteiger partial charge in [-0.25, -0.2) is 24.9 Å². The van der Waals surface area contributed by atoms with E-state index in [0.717, 1.165) is 42.4 Å². The second-order valence-electron chi connectivity index (χ2n) is 13.7. The summed E-state index contributed by atoms with van der Waals surface area (Å²) in [7, 11) is 0. The lowest BCUT2D eigenvalue weighted by molar-refractivity contribution is 0.407. The molecular weight excluding hydrogens is 713 g/mol. The van der Waals surface area contributed by atoms with Crippen molar-refractivity contribution in [3.8, 4) is 23.6 Å². The molecule has 246 valence electrons. The van der Waals surface area contributed by atoms with Crippen molar-refractivity contribution in [2.45, 2.75) is 54.6 Å². The molecule has 3 aromatic heterocycles. The van der Waals surface area contributed by atoms with Crippen LogP contribution in [0.15, 0.2) is 89.9 Å². The molecular formula is C37H40IN9O. The van der Waals surface area contributed by atoms with E-state index in [4.69, 9.17) is 14.9 Å². The van der Waals surface area contributed by atoms with E-state index in [0.29, 0.717) is 12.4 Å². The zero-order chi connectivity index (χ0) is 34.7. The van der Waals surface area contributed by atoms with Gasteiger partial charge in [0.1, 0.15) is 30.0 Å². The number of nitriles is 2. The lowest BCUT2D eigenvalue weighted by Gasteiger charge is -2.31. The lowest BCUT2D eigenvalue weighted by Crippen LogP contribution is -2.33. The Balaban J connectivity index is 0.000000220.